The molecule has 0 spiro atoms. The summed E-state index contributed by atoms with van der Waals surface area (Å²) in [6.45, 7) is 6.77. The summed E-state index contributed by atoms with van der Waals surface area (Å²) in [4.78, 5) is 18.7. The Morgan fingerprint density at radius 2 is 2.05 bits per heavy atom. The fraction of sp³-hybridized carbons (Fsp3) is 0.812. The van der Waals surface area contributed by atoms with E-state index in [0.29, 0.717) is 24.4 Å². The van der Waals surface area contributed by atoms with E-state index in [1.54, 1.807) is 0 Å². The molecule has 3 rings (SSSR count). The van der Waals surface area contributed by atoms with Crippen molar-refractivity contribution >= 4 is 5.91 Å². The molecule has 2 aliphatic rings. The van der Waals surface area contributed by atoms with E-state index in [1.807, 2.05) is 0 Å². The van der Waals surface area contributed by atoms with Crippen molar-refractivity contribution in [3.8, 4) is 0 Å². The van der Waals surface area contributed by atoms with Crippen molar-refractivity contribution in [3.63, 3.8) is 0 Å². The second kappa shape index (κ2) is 6.77. The first-order valence-electron chi connectivity index (χ1n) is 8.47. The van der Waals surface area contributed by atoms with Gasteiger partial charge in [-0.25, -0.2) is 0 Å². The number of aromatic nitrogens is 2. The van der Waals surface area contributed by atoms with Crippen LogP contribution in [-0.2, 0) is 11.3 Å². The SMILES string of the molecule is CC(C)c1noc(CN2CCC(NC(=O)C3CCC3)CC2)n1. The van der Waals surface area contributed by atoms with Gasteiger partial charge in [0, 0.05) is 31.0 Å². The highest BCUT2D eigenvalue weighted by molar-refractivity contribution is 5.79. The first-order chi connectivity index (χ1) is 10.6. The van der Waals surface area contributed by atoms with Crippen LogP contribution in [0.4, 0.5) is 0 Å². The van der Waals surface area contributed by atoms with E-state index in [-0.39, 0.29) is 11.8 Å². The Morgan fingerprint density at radius 3 is 2.59 bits per heavy atom. The fourth-order valence-electron chi connectivity index (χ4n) is 2.98. The molecular weight excluding hydrogens is 280 g/mol. The molecule has 1 amide bonds. The predicted octanol–water partition coefficient (Wildman–Crippen LogP) is 2.07. The van der Waals surface area contributed by atoms with Gasteiger partial charge in [0.1, 0.15) is 0 Å². The lowest BCUT2D eigenvalue weighted by molar-refractivity contribution is -0.128. The zero-order chi connectivity index (χ0) is 15.5. The van der Waals surface area contributed by atoms with Crippen LogP contribution in [0.15, 0.2) is 4.52 Å². The standard InChI is InChI=1S/C16H26N4O2/c1-11(2)15-18-14(22-19-15)10-20-8-6-13(7-9-20)17-16(21)12-4-3-5-12/h11-13H,3-10H2,1-2H3,(H,17,21). The van der Waals surface area contributed by atoms with Gasteiger partial charge >= 0.3 is 0 Å². The minimum absolute atomic E-state index is 0.267. The Hall–Kier alpha value is -1.43. The van der Waals surface area contributed by atoms with Gasteiger partial charge in [0.25, 0.3) is 0 Å². The third kappa shape index (κ3) is 3.66. The lowest BCUT2D eigenvalue weighted by Gasteiger charge is -2.33. The molecule has 2 fully saturated rings. The predicted molar refractivity (Wildman–Crippen MR) is 82.2 cm³/mol. The second-order valence-corrected chi connectivity index (χ2v) is 6.89. The van der Waals surface area contributed by atoms with Crippen molar-refractivity contribution < 1.29 is 9.32 Å². The van der Waals surface area contributed by atoms with E-state index in [0.717, 1.165) is 44.6 Å². The van der Waals surface area contributed by atoms with Crippen LogP contribution in [0.3, 0.4) is 0 Å². The third-order valence-electron chi connectivity index (χ3n) is 4.77. The van der Waals surface area contributed by atoms with E-state index >= 15 is 0 Å². The maximum atomic E-state index is 12.0. The normalized spacial score (nSPS) is 21.0. The van der Waals surface area contributed by atoms with Gasteiger partial charge in [-0.3, -0.25) is 9.69 Å². The summed E-state index contributed by atoms with van der Waals surface area (Å²) in [5.74, 6) is 2.32. The number of piperidine rings is 1. The third-order valence-corrected chi connectivity index (χ3v) is 4.77. The van der Waals surface area contributed by atoms with E-state index in [1.165, 1.54) is 6.42 Å². The summed E-state index contributed by atoms with van der Waals surface area (Å²) < 4.78 is 5.30. The van der Waals surface area contributed by atoms with Gasteiger partial charge in [-0.1, -0.05) is 25.4 Å². The quantitative estimate of drug-likeness (QED) is 0.901. The molecule has 6 heteroatoms. The molecule has 0 aromatic carbocycles. The maximum absolute atomic E-state index is 12.0. The summed E-state index contributed by atoms with van der Waals surface area (Å²) in [5.41, 5.74) is 0. The molecule has 1 saturated heterocycles. The molecule has 1 aliphatic heterocycles. The van der Waals surface area contributed by atoms with Crippen LogP contribution in [0.2, 0.25) is 0 Å². The first kappa shape index (κ1) is 15.5. The molecule has 2 heterocycles. The molecule has 6 nitrogen and oxygen atoms in total. The van der Waals surface area contributed by atoms with Crippen molar-refractivity contribution in [1.82, 2.24) is 20.4 Å². The van der Waals surface area contributed by atoms with Gasteiger partial charge in [-0.15, -0.1) is 0 Å². The van der Waals surface area contributed by atoms with E-state index in [2.05, 4.69) is 34.2 Å². The van der Waals surface area contributed by atoms with Crippen LogP contribution < -0.4 is 5.32 Å². The van der Waals surface area contributed by atoms with Gasteiger partial charge in [0.15, 0.2) is 5.82 Å². The average molecular weight is 306 g/mol. The molecule has 122 valence electrons. The lowest BCUT2D eigenvalue weighted by atomic mass is 9.84. The van der Waals surface area contributed by atoms with Gasteiger partial charge in [0.05, 0.1) is 6.54 Å². The molecule has 0 radical (unpaired) electrons. The maximum Gasteiger partial charge on any atom is 0.240 e. The van der Waals surface area contributed by atoms with Crippen LogP contribution in [0.1, 0.15) is 63.6 Å². The van der Waals surface area contributed by atoms with Crippen molar-refractivity contribution in [2.24, 2.45) is 5.92 Å². The molecule has 22 heavy (non-hydrogen) atoms. The molecule has 1 aliphatic carbocycles. The summed E-state index contributed by atoms with van der Waals surface area (Å²) in [6, 6.07) is 0.332. The number of nitrogens with zero attached hydrogens (tertiary/aromatic N) is 3. The van der Waals surface area contributed by atoms with Gasteiger partial charge in [-0.05, 0) is 25.7 Å². The highest BCUT2D eigenvalue weighted by Crippen LogP contribution is 2.26. The van der Waals surface area contributed by atoms with Crippen molar-refractivity contribution in [2.45, 2.75) is 64.5 Å². The molecular formula is C16H26N4O2. The average Bonchev–Trinajstić information content (AvgIpc) is 2.88. The first-order valence-corrected chi connectivity index (χ1v) is 8.47. The Kier molecular flexibility index (Phi) is 4.76. The van der Waals surface area contributed by atoms with Crippen LogP contribution in [0.25, 0.3) is 0 Å². The van der Waals surface area contributed by atoms with Gasteiger partial charge in [0.2, 0.25) is 11.8 Å². The molecule has 0 unspecified atom stereocenters. The molecule has 0 atom stereocenters. The number of carbonyl (C=O) groups is 1. The van der Waals surface area contributed by atoms with Gasteiger partial charge in [-0.2, -0.15) is 4.98 Å². The fourth-order valence-corrected chi connectivity index (χ4v) is 2.98. The number of hydrogen-bond acceptors (Lipinski definition) is 5. The monoisotopic (exact) mass is 306 g/mol. The van der Waals surface area contributed by atoms with E-state index in [4.69, 9.17) is 4.52 Å². The van der Waals surface area contributed by atoms with E-state index in [9.17, 15) is 4.79 Å². The summed E-state index contributed by atoms with van der Waals surface area (Å²) >= 11 is 0. The summed E-state index contributed by atoms with van der Waals surface area (Å²) in [7, 11) is 0. The van der Waals surface area contributed by atoms with Crippen LogP contribution in [-0.4, -0.2) is 40.1 Å². The summed E-state index contributed by atoms with van der Waals surface area (Å²) in [6.07, 6.45) is 5.35. The number of amides is 1. The van der Waals surface area contributed by atoms with Crippen molar-refractivity contribution in [3.05, 3.63) is 11.7 Å². The number of hydrogen-bond donors (Lipinski definition) is 1. The highest BCUT2D eigenvalue weighted by Gasteiger charge is 2.28. The highest BCUT2D eigenvalue weighted by atomic mass is 16.5. The minimum Gasteiger partial charge on any atom is -0.353 e. The van der Waals surface area contributed by atoms with Crippen LogP contribution >= 0.6 is 0 Å². The molecule has 1 aromatic heterocycles. The van der Waals surface area contributed by atoms with Crippen molar-refractivity contribution in [2.75, 3.05) is 13.1 Å². The Morgan fingerprint density at radius 1 is 1.32 bits per heavy atom. The largest absolute Gasteiger partial charge is 0.353 e. The molecule has 0 bridgehead atoms. The minimum atomic E-state index is 0.267. The number of likely N-dealkylation sites (tertiary alicyclic amines) is 1. The zero-order valence-electron chi connectivity index (χ0n) is 13.5. The number of rotatable bonds is 5. The molecule has 1 aromatic rings. The molecule has 1 saturated carbocycles. The van der Waals surface area contributed by atoms with E-state index < -0.39 is 0 Å². The van der Waals surface area contributed by atoms with Crippen molar-refractivity contribution in [1.29, 1.82) is 0 Å². The Bertz CT molecular complexity index is 502. The summed E-state index contributed by atoms with van der Waals surface area (Å²) in [5, 5.41) is 7.21. The zero-order valence-corrected chi connectivity index (χ0v) is 13.5. The Balaban J connectivity index is 1.42. The van der Waals surface area contributed by atoms with Crippen LogP contribution in [0, 0.1) is 5.92 Å². The topological polar surface area (TPSA) is 71.3 Å². The number of carbonyl (C=O) groups excluding carboxylic acids is 1. The van der Waals surface area contributed by atoms with Crippen LogP contribution in [0.5, 0.6) is 0 Å². The number of nitrogens with one attached hydrogen (secondary N) is 1. The molecule has 1 N–H and O–H groups in total. The smallest absolute Gasteiger partial charge is 0.240 e. The Labute approximate surface area is 131 Å². The second-order valence-electron chi connectivity index (χ2n) is 6.89. The lowest BCUT2D eigenvalue weighted by Crippen LogP contribution is -2.47. The van der Waals surface area contributed by atoms with Gasteiger partial charge < -0.3 is 9.84 Å².